The van der Waals surface area contributed by atoms with Gasteiger partial charge in [-0.1, -0.05) is 41.9 Å². The molecule has 0 saturated carbocycles. The Morgan fingerprint density at radius 1 is 1.24 bits per heavy atom. The summed E-state index contributed by atoms with van der Waals surface area (Å²) < 4.78 is 5.94. The molecule has 0 unspecified atom stereocenters. The predicted molar refractivity (Wildman–Crippen MR) is 103 cm³/mol. The van der Waals surface area contributed by atoms with Crippen molar-refractivity contribution in [3.8, 4) is 11.1 Å². The fourth-order valence-corrected chi connectivity index (χ4v) is 3.02. The quantitative estimate of drug-likeness (QED) is 0.855. The first-order valence-electron chi connectivity index (χ1n) is 8.04. The second kappa shape index (κ2) is 8.19. The van der Waals surface area contributed by atoms with Crippen LogP contribution in [0.25, 0.3) is 11.1 Å². The molecule has 0 aromatic heterocycles. The van der Waals surface area contributed by atoms with E-state index < -0.39 is 5.60 Å². The zero-order valence-corrected chi connectivity index (χ0v) is 15.6. The number of hydrogen-bond donors (Lipinski definition) is 2. The number of ether oxygens (including phenoxy) is 1. The molecule has 1 saturated heterocycles. The largest absolute Gasteiger partial charge is 0.361 e. The van der Waals surface area contributed by atoms with Crippen molar-refractivity contribution < 1.29 is 9.53 Å². The van der Waals surface area contributed by atoms with Gasteiger partial charge >= 0.3 is 0 Å². The van der Waals surface area contributed by atoms with Gasteiger partial charge in [0.05, 0.1) is 6.61 Å². The molecule has 2 aromatic rings. The van der Waals surface area contributed by atoms with E-state index in [1.165, 1.54) is 0 Å². The van der Waals surface area contributed by atoms with Gasteiger partial charge in [0.25, 0.3) is 5.91 Å². The molecule has 6 heteroatoms. The highest BCUT2D eigenvalue weighted by atomic mass is 35.5. The van der Waals surface area contributed by atoms with E-state index in [0.717, 1.165) is 16.7 Å². The molecule has 134 valence electrons. The normalized spacial score (nSPS) is 23.3. The van der Waals surface area contributed by atoms with Crippen molar-refractivity contribution >= 4 is 29.9 Å². The minimum absolute atomic E-state index is 0. The van der Waals surface area contributed by atoms with Crippen LogP contribution in [0.5, 0.6) is 0 Å². The molecular weight excluding hydrogens is 359 g/mol. The van der Waals surface area contributed by atoms with E-state index in [9.17, 15) is 4.79 Å². The SMILES string of the molecule is C[C@]1(c2cccc(-c3ccc(Cl)cc3)c2)OCC[C@@H](CN)NC1=O.Cl. The zero-order chi connectivity index (χ0) is 17.2. The number of rotatable bonds is 3. The third kappa shape index (κ3) is 4.15. The lowest BCUT2D eigenvalue weighted by Gasteiger charge is -2.27. The summed E-state index contributed by atoms with van der Waals surface area (Å²) in [5.41, 5.74) is 7.55. The third-order valence-electron chi connectivity index (χ3n) is 4.50. The Morgan fingerprint density at radius 2 is 1.96 bits per heavy atom. The van der Waals surface area contributed by atoms with Crippen molar-refractivity contribution in [2.45, 2.75) is 25.0 Å². The summed E-state index contributed by atoms with van der Waals surface area (Å²) in [6.45, 7) is 2.71. The van der Waals surface area contributed by atoms with Crippen molar-refractivity contribution in [3.63, 3.8) is 0 Å². The molecule has 1 amide bonds. The lowest BCUT2D eigenvalue weighted by molar-refractivity contribution is -0.143. The second-order valence-corrected chi connectivity index (χ2v) is 6.60. The molecule has 2 atom stereocenters. The maximum absolute atomic E-state index is 12.7. The number of benzene rings is 2. The van der Waals surface area contributed by atoms with Gasteiger partial charge in [-0.2, -0.15) is 0 Å². The zero-order valence-electron chi connectivity index (χ0n) is 14.0. The van der Waals surface area contributed by atoms with Crippen LogP contribution < -0.4 is 11.1 Å². The summed E-state index contributed by atoms with van der Waals surface area (Å²) in [4.78, 5) is 12.7. The van der Waals surface area contributed by atoms with Crippen LogP contribution in [0.4, 0.5) is 0 Å². The molecule has 0 spiro atoms. The number of carbonyl (C=O) groups excluding carboxylic acids is 1. The third-order valence-corrected chi connectivity index (χ3v) is 4.75. The monoisotopic (exact) mass is 380 g/mol. The van der Waals surface area contributed by atoms with Gasteiger partial charge in [-0.25, -0.2) is 0 Å². The summed E-state index contributed by atoms with van der Waals surface area (Å²) in [6.07, 6.45) is 0.717. The smallest absolute Gasteiger partial charge is 0.256 e. The van der Waals surface area contributed by atoms with Crippen molar-refractivity contribution in [2.75, 3.05) is 13.2 Å². The van der Waals surface area contributed by atoms with Gasteiger partial charge in [0.2, 0.25) is 0 Å². The number of carbonyl (C=O) groups is 1. The molecule has 1 fully saturated rings. The molecule has 0 aliphatic carbocycles. The molecule has 2 aromatic carbocycles. The fourth-order valence-electron chi connectivity index (χ4n) is 2.90. The van der Waals surface area contributed by atoms with Crippen LogP contribution in [-0.2, 0) is 15.1 Å². The Labute approximate surface area is 159 Å². The first-order valence-corrected chi connectivity index (χ1v) is 8.42. The molecule has 3 N–H and O–H groups in total. The number of amides is 1. The Bertz CT molecular complexity index is 736. The molecule has 1 aliphatic heterocycles. The Hall–Kier alpha value is -1.59. The van der Waals surface area contributed by atoms with E-state index in [-0.39, 0.29) is 24.4 Å². The van der Waals surface area contributed by atoms with Crippen LogP contribution in [0.3, 0.4) is 0 Å². The van der Waals surface area contributed by atoms with Crippen LogP contribution in [0, 0.1) is 0 Å². The first-order chi connectivity index (χ1) is 11.5. The molecule has 0 bridgehead atoms. The van der Waals surface area contributed by atoms with Gasteiger partial charge in [0.1, 0.15) is 0 Å². The molecule has 1 aliphatic rings. The average Bonchev–Trinajstić information content (AvgIpc) is 2.75. The Kier molecular flexibility index (Phi) is 6.47. The molecule has 3 rings (SSSR count). The number of hydrogen-bond acceptors (Lipinski definition) is 3. The van der Waals surface area contributed by atoms with Crippen molar-refractivity contribution in [1.82, 2.24) is 5.32 Å². The maximum Gasteiger partial charge on any atom is 0.256 e. The topological polar surface area (TPSA) is 64.3 Å². The molecule has 25 heavy (non-hydrogen) atoms. The summed E-state index contributed by atoms with van der Waals surface area (Å²) in [5.74, 6) is -0.149. The van der Waals surface area contributed by atoms with Gasteiger partial charge in [-0.3, -0.25) is 4.79 Å². The number of nitrogens with two attached hydrogens (primary N) is 1. The van der Waals surface area contributed by atoms with Gasteiger partial charge < -0.3 is 15.8 Å². The average molecular weight is 381 g/mol. The highest BCUT2D eigenvalue weighted by Gasteiger charge is 2.39. The van der Waals surface area contributed by atoms with Crippen molar-refractivity contribution in [1.29, 1.82) is 0 Å². The second-order valence-electron chi connectivity index (χ2n) is 6.16. The van der Waals surface area contributed by atoms with E-state index in [1.807, 2.05) is 55.5 Å². The standard InChI is InChI=1S/C19H21ClN2O2.ClH/c1-19(18(23)22-17(12-21)9-10-24-19)15-4-2-3-14(11-15)13-5-7-16(20)8-6-13;/h2-8,11,17H,9-10,12,21H2,1H3,(H,22,23);1H/t17-,19+;/m0./s1. The highest BCUT2D eigenvalue weighted by Crippen LogP contribution is 2.31. The van der Waals surface area contributed by atoms with Crippen LogP contribution >= 0.6 is 24.0 Å². The lowest BCUT2D eigenvalue weighted by Crippen LogP contribution is -2.47. The number of halogens is 2. The van der Waals surface area contributed by atoms with E-state index in [0.29, 0.717) is 24.6 Å². The van der Waals surface area contributed by atoms with Crippen LogP contribution in [-0.4, -0.2) is 25.1 Å². The minimum atomic E-state index is -1.02. The Morgan fingerprint density at radius 3 is 2.64 bits per heavy atom. The van der Waals surface area contributed by atoms with E-state index >= 15 is 0 Å². The molecule has 4 nitrogen and oxygen atoms in total. The van der Waals surface area contributed by atoms with Crippen molar-refractivity contribution in [2.24, 2.45) is 5.73 Å². The summed E-state index contributed by atoms with van der Waals surface area (Å²) in [5, 5.41) is 3.67. The van der Waals surface area contributed by atoms with Gasteiger partial charge in [-0.05, 0) is 48.2 Å². The highest BCUT2D eigenvalue weighted by molar-refractivity contribution is 6.30. The summed E-state index contributed by atoms with van der Waals surface area (Å²) >= 11 is 5.96. The molecule has 1 heterocycles. The van der Waals surface area contributed by atoms with Gasteiger partial charge in [0.15, 0.2) is 5.60 Å². The van der Waals surface area contributed by atoms with Crippen LogP contribution in [0.15, 0.2) is 48.5 Å². The minimum Gasteiger partial charge on any atom is -0.361 e. The maximum atomic E-state index is 12.7. The summed E-state index contributed by atoms with van der Waals surface area (Å²) in [6, 6.07) is 15.4. The van der Waals surface area contributed by atoms with Crippen LogP contribution in [0.2, 0.25) is 5.02 Å². The van der Waals surface area contributed by atoms with Crippen LogP contribution in [0.1, 0.15) is 18.9 Å². The molecular formula is C19H22Cl2N2O2. The summed E-state index contributed by atoms with van der Waals surface area (Å²) in [7, 11) is 0. The van der Waals surface area contributed by atoms with E-state index in [2.05, 4.69) is 5.32 Å². The van der Waals surface area contributed by atoms with E-state index in [1.54, 1.807) is 0 Å². The predicted octanol–water partition coefficient (Wildman–Crippen LogP) is 3.51. The number of nitrogens with one attached hydrogen (secondary N) is 1. The van der Waals surface area contributed by atoms with Crippen molar-refractivity contribution in [3.05, 3.63) is 59.1 Å². The van der Waals surface area contributed by atoms with Gasteiger partial charge in [-0.15, -0.1) is 12.4 Å². The van der Waals surface area contributed by atoms with E-state index in [4.69, 9.17) is 22.1 Å². The first kappa shape index (κ1) is 19.7. The molecule has 0 radical (unpaired) electrons. The fraction of sp³-hybridized carbons (Fsp3) is 0.316. The Balaban J connectivity index is 0.00000225. The van der Waals surface area contributed by atoms with Gasteiger partial charge in [0, 0.05) is 17.6 Å². The lowest BCUT2D eigenvalue weighted by atomic mass is 9.91.